The minimum absolute atomic E-state index is 0.256. The molecule has 0 spiro atoms. The summed E-state index contributed by atoms with van der Waals surface area (Å²) in [6, 6.07) is -0.940. The van der Waals surface area contributed by atoms with Crippen molar-refractivity contribution in [1.29, 1.82) is 0 Å². The summed E-state index contributed by atoms with van der Waals surface area (Å²) in [4.78, 5) is 31.8. The molecule has 0 saturated carbocycles. The molecular formula is C8H13NO5. The van der Waals surface area contributed by atoms with E-state index >= 15 is 0 Å². The summed E-state index contributed by atoms with van der Waals surface area (Å²) in [5.74, 6) is -3.48. The maximum Gasteiger partial charge on any atom is 0.394 e. The van der Waals surface area contributed by atoms with E-state index < -0.39 is 23.9 Å². The number of hydrogen-bond donors (Lipinski definition) is 2. The molecule has 0 aliphatic carbocycles. The number of ether oxygens (including phenoxy) is 1. The van der Waals surface area contributed by atoms with Crippen LogP contribution in [-0.2, 0) is 19.1 Å². The number of carboxylic acids is 1. The predicted molar refractivity (Wildman–Crippen MR) is 46.5 cm³/mol. The second kappa shape index (κ2) is 5.95. The fraction of sp³-hybridized carbons (Fsp3) is 0.625. The standard InChI is InChI=1S/C8H13NO5/c1-3-4-14-8(13)5(2)9-6(10)7(11)12/h5H,3-4H2,1-2H3,(H,9,10)(H,11,12)/t5-/m0/s1. The Morgan fingerprint density at radius 1 is 1.43 bits per heavy atom. The molecule has 0 aliphatic rings. The zero-order chi connectivity index (χ0) is 11.1. The van der Waals surface area contributed by atoms with Crippen LogP contribution >= 0.6 is 0 Å². The molecule has 0 unspecified atom stereocenters. The molecule has 0 aromatic rings. The molecule has 0 fully saturated rings. The first-order valence-electron chi connectivity index (χ1n) is 4.19. The van der Waals surface area contributed by atoms with Crippen molar-refractivity contribution in [3.8, 4) is 0 Å². The summed E-state index contributed by atoms with van der Waals surface area (Å²) in [6.45, 7) is 3.44. The Morgan fingerprint density at radius 3 is 2.43 bits per heavy atom. The number of carboxylic acid groups (broad SMARTS) is 1. The maximum atomic E-state index is 11.0. The van der Waals surface area contributed by atoms with E-state index in [1.807, 2.05) is 12.2 Å². The van der Waals surface area contributed by atoms with Gasteiger partial charge < -0.3 is 15.2 Å². The monoisotopic (exact) mass is 203 g/mol. The Balaban J connectivity index is 3.95. The van der Waals surface area contributed by atoms with Crippen LogP contribution in [0.3, 0.4) is 0 Å². The minimum atomic E-state index is -1.62. The number of rotatable bonds is 4. The number of aliphatic carboxylic acids is 1. The van der Waals surface area contributed by atoms with E-state index in [1.165, 1.54) is 6.92 Å². The predicted octanol–water partition coefficient (Wildman–Crippen LogP) is -0.471. The molecule has 0 radical (unpaired) electrons. The Labute approximate surface area is 81.2 Å². The highest BCUT2D eigenvalue weighted by Crippen LogP contribution is 1.89. The van der Waals surface area contributed by atoms with E-state index in [1.54, 1.807) is 0 Å². The van der Waals surface area contributed by atoms with Crippen LogP contribution in [0.15, 0.2) is 0 Å². The lowest BCUT2D eigenvalue weighted by Crippen LogP contribution is -2.42. The van der Waals surface area contributed by atoms with Gasteiger partial charge in [0.05, 0.1) is 6.61 Å². The highest BCUT2D eigenvalue weighted by Gasteiger charge is 2.20. The summed E-state index contributed by atoms with van der Waals surface area (Å²) in [5, 5.41) is 10.2. The van der Waals surface area contributed by atoms with Crippen LogP contribution in [0.2, 0.25) is 0 Å². The van der Waals surface area contributed by atoms with Crippen LogP contribution in [0.1, 0.15) is 20.3 Å². The Hall–Kier alpha value is -1.59. The van der Waals surface area contributed by atoms with Gasteiger partial charge in [-0.15, -0.1) is 0 Å². The van der Waals surface area contributed by atoms with E-state index in [9.17, 15) is 14.4 Å². The van der Waals surface area contributed by atoms with Gasteiger partial charge in [-0.05, 0) is 13.3 Å². The fourth-order valence-electron chi connectivity index (χ4n) is 0.645. The van der Waals surface area contributed by atoms with E-state index in [2.05, 4.69) is 4.74 Å². The van der Waals surface area contributed by atoms with Crippen LogP contribution in [0.5, 0.6) is 0 Å². The van der Waals surface area contributed by atoms with Gasteiger partial charge in [0.25, 0.3) is 0 Å². The van der Waals surface area contributed by atoms with Crippen molar-refractivity contribution in [3.63, 3.8) is 0 Å². The summed E-state index contributed by atoms with van der Waals surface area (Å²) in [6.07, 6.45) is 0.672. The van der Waals surface area contributed by atoms with E-state index in [4.69, 9.17) is 5.11 Å². The molecule has 2 N–H and O–H groups in total. The van der Waals surface area contributed by atoms with E-state index in [-0.39, 0.29) is 6.61 Å². The van der Waals surface area contributed by atoms with Crippen molar-refractivity contribution in [2.24, 2.45) is 0 Å². The van der Waals surface area contributed by atoms with Crippen LogP contribution < -0.4 is 5.32 Å². The molecule has 6 heteroatoms. The van der Waals surface area contributed by atoms with Crippen LogP contribution in [0.4, 0.5) is 0 Å². The largest absolute Gasteiger partial charge is 0.474 e. The first-order chi connectivity index (χ1) is 6.49. The lowest BCUT2D eigenvalue weighted by Gasteiger charge is -2.10. The van der Waals surface area contributed by atoms with Gasteiger partial charge in [0.1, 0.15) is 6.04 Å². The fourth-order valence-corrected chi connectivity index (χ4v) is 0.645. The average Bonchev–Trinajstić information content (AvgIpc) is 2.13. The molecule has 0 aromatic heterocycles. The molecule has 0 bridgehead atoms. The maximum absolute atomic E-state index is 11.0. The molecule has 0 aliphatic heterocycles. The molecule has 0 saturated heterocycles. The topological polar surface area (TPSA) is 92.7 Å². The van der Waals surface area contributed by atoms with Crippen LogP contribution in [0, 0.1) is 0 Å². The molecule has 0 rings (SSSR count). The summed E-state index contributed by atoms with van der Waals surface area (Å²) >= 11 is 0. The zero-order valence-electron chi connectivity index (χ0n) is 8.07. The number of esters is 1. The number of hydrogen-bond acceptors (Lipinski definition) is 4. The van der Waals surface area contributed by atoms with Gasteiger partial charge in [-0.25, -0.2) is 9.59 Å². The first-order valence-corrected chi connectivity index (χ1v) is 4.19. The smallest absolute Gasteiger partial charge is 0.394 e. The van der Waals surface area contributed by atoms with Gasteiger partial charge in [0.2, 0.25) is 0 Å². The molecule has 80 valence electrons. The third-order valence-corrected chi connectivity index (χ3v) is 1.34. The van der Waals surface area contributed by atoms with Gasteiger partial charge >= 0.3 is 17.8 Å². The Bertz CT molecular complexity index is 238. The highest BCUT2D eigenvalue weighted by atomic mass is 16.5. The number of amides is 1. The molecule has 1 atom stereocenters. The van der Waals surface area contributed by atoms with Crippen LogP contribution in [-0.4, -0.2) is 35.6 Å². The second-order valence-electron chi connectivity index (χ2n) is 2.67. The average molecular weight is 203 g/mol. The third kappa shape index (κ3) is 4.44. The molecular weight excluding hydrogens is 190 g/mol. The molecule has 0 aromatic carbocycles. The van der Waals surface area contributed by atoms with Crippen molar-refractivity contribution in [1.82, 2.24) is 5.32 Å². The number of carbonyl (C=O) groups excluding carboxylic acids is 2. The minimum Gasteiger partial charge on any atom is -0.474 e. The summed E-state index contributed by atoms with van der Waals surface area (Å²) < 4.78 is 4.69. The molecule has 1 amide bonds. The lowest BCUT2D eigenvalue weighted by molar-refractivity contribution is -0.153. The number of nitrogens with one attached hydrogen (secondary N) is 1. The van der Waals surface area contributed by atoms with Crippen molar-refractivity contribution in [3.05, 3.63) is 0 Å². The van der Waals surface area contributed by atoms with Crippen molar-refractivity contribution in [2.45, 2.75) is 26.3 Å². The van der Waals surface area contributed by atoms with E-state index in [0.29, 0.717) is 6.42 Å². The van der Waals surface area contributed by atoms with Crippen LogP contribution in [0.25, 0.3) is 0 Å². The van der Waals surface area contributed by atoms with Crippen molar-refractivity contribution in [2.75, 3.05) is 6.61 Å². The summed E-state index contributed by atoms with van der Waals surface area (Å²) in [5.41, 5.74) is 0. The summed E-state index contributed by atoms with van der Waals surface area (Å²) in [7, 11) is 0. The second-order valence-corrected chi connectivity index (χ2v) is 2.67. The quantitative estimate of drug-likeness (QED) is 0.476. The van der Waals surface area contributed by atoms with Gasteiger partial charge in [0.15, 0.2) is 0 Å². The zero-order valence-corrected chi connectivity index (χ0v) is 8.07. The normalized spacial score (nSPS) is 11.6. The van der Waals surface area contributed by atoms with E-state index in [0.717, 1.165) is 0 Å². The number of carbonyl (C=O) groups is 3. The lowest BCUT2D eigenvalue weighted by atomic mass is 10.3. The highest BCUT2D eigenvalue weighted by molar-refractivity contribution is 6.31. The molecule has 14 heavy (non-hydrogen) atoms. The van der Waals surface area contributed by atoms with Crippen molar-refractivity contribution < 1.29 is 24.2 Å². The van der Waals surface area contributed by atoms with Gasteiger partial charge in [-0.3, -0.25) is 4.79 Å². The Kier molecular flexibility index (Phi) is 5.28. The Morgan fingerprint density at radius 2 is 2.00 bits per heavy atom. The van der Waals surface area contributed by atoms with Crippen molar-refractivity contribution >= 4 is 17.8 Å². The van der Waals surface area contributed by atoms with Gasteiger partial charge in [-0.1, -0.05) is 6.92 Å². The first kappa shape index (κ1) is 12.4. The molecule has 0 heterocycles. The molecule has 6 nitrogen and oxygen atoms in total. The van der Waals surface area contributed by atoms with Gasteiger partial charge in [-0.2, -0.15) is 0 Å². The SMILES string of the molecule is CCCOC(=O)[C@H](C)NC(=O)C(=O)O. The third-order valence-electron chi connectivity index (χ3n) is 1.34. The van der Waals surface area contributed by atoms with Gasteiger partial charge in [0, 0.05) is 0 Å².